The van der Waals surface area contributed by atoms with Gasteiger partial charge in [-0.2, -0.15) is 0 Å². The highest BCUT2D eigenvalue weighted by molar-refractivity contribution is 5.13. The number of nitrogens with zero attached hydrogens (tertiary/aromatic N) is 3. The van der Waals surface area contributed by atoms with Crippen LogP contribution in [-0.4, -0.2) is 40.1 Å². The number of rotatable bonds is 8. The third kappa shape index (κ3) is 3.02. The zero-order valence-electron chi connectivity index (χ0n) is 14.2. The molecule has 0 bridgehead atoms. The third-order valence-corrected chi connectivity index (χ3v) is 5.16. The number of hydrogen-bond acceptors (Lipinski definition) is 3. The molecule has 4 nitrogen and oxygen atoms in total. The van der Waals surface area contributed by atoms with E-state index >= 15 is 0 Å². The Bertz CT molecular complexity index is 416. The van der Waals surface area contributed by atoms with Crippen LogP contribution in [-0.2, 0) is 6.54 Å². The summed E-state index contributed by atoms with van der Waals surface area (Å²) in [4.78, 5) is 7.38. The lowest BCUT2D eigenvalue weighted by Gasteiger charge is -2.46. The molecule has 21 heavy (non-hydrogen) atoms. The van der Waals surface area contributed by atoms with Gasteiger partial charge in [-0.05, 0) is 39.4 Å². The molecule has 0 saturated heterocycles. The van der Waals surface area contributed by atoms with Crippen molar-refractivity contribution >= 4 is 0 Å². The zero-order valence-corrected chi connectivity index (χ0v) is 14.2. The molecule has 1 atom stereocenters. The summed E-state index contributed by atoms with van der Waals surface area (Å²) in [6.07, 6.45) is 10.5. The van der Waals surface area contributed by atoms with Crippen molar-refractivity contribution < 1.29 is 0 Å². The minimum atomic E-state index is 0.231. The summed E-state index contributed by atoms with van der Waals surface area (Å²) in [6, 6.07) is 0.321. The molecule has 0 aliphatic heterocycles. The monoisotopic (exact) mass is 292 g/mol. The molecule has 1 saturated carbocycles. The molecule has 1 fully saturated rings. The van der Waals surface area contributed by atoms with Gasteiger partial charge in [0.05, 0.1) is 6.04 Å². The fraction of sp³-hybridized carbons (Fsp3) is 0.824. The molecular formula is C17H32N4. The van der Waals surface area contributed by atoms with E-state index in [1.165, 1.54) is 31.5 Å². The van der Waals surface area contributed by atoms with Crippen LogP contribution in [0.4, 0.5) is 0 Å². The van der Waals surface area contributed by atoms with Crippen molar-refractivity contribution in [3.05, 3.63) is 18.2 Å². The lowest BCUT2D eigenvalue weighted by molar-refractivity contribution is 0.0610. The average Bonchev–Trinajstić information content (AvgIpc) is 3.13. The van der Waals surface area contributed by atoms with Crippen molar-refractivity contribution in [2.75, 3.05) is 20.1 Å². The largest absolute Gasteiger partial charge is 0.334 e. The summed E-state index contributed by atoms with van der Waals surface area (Å²) in [5.74, 6) is 1.22. The number of aryl methyl sites for hydroxylation is 1. The Balaban J connectivity index is 2.38. The minimum absolute atomic E-state index is 0.231. The number of imidazole rings is 1. The Kier molecular flexibility index (Phi) is 5.82. The van der Waals surface area contributed by atoms with E-state index in [-0.39, 0.29) is 5.54 Å². The van der Waals surface area contributed by atoms with Gasteiger partial charge in [0, 0.05) is 24.5 Å². The van der Waals surface area contributed by atoms with Gasteiger partial charge < -0.3 is 9.88 Å². The molecule has 1 unspecified atom stereocenters. The second-order valence-corrected chi connectivity index (χ2v) is 6.18. The molecule has 1 aliphatic carbocycles. The van der Waals surface area contributed by atoms with Crippen molar-refractivity contribution in [3.63, 3.8) is 0 Å². The second-order valence-electron chi connectivity index (χ2n) is 6.18. The summed E-state index contributed by atoms with van der Waals surface area (Å²) in [5, 5.41) is 3.61. The van der Waals surface area contributed by atoms with Crippen molar-refractivity contribution in [1.82, 2.24) is 19.8 Å². The molecule has 1 aromatic heterocycles. The van der Waals surface area contributed by atoms with Gasteiger partial charge in [-0.1, -0.05) is 33.6 Å². The molecule has 4 heteroatoms. The third-order valence-electron chi connectivity index (χ3n) is 5.16. The average molecular weight is 292 g/mol. The quantitative estimate of drug-likeness (QED) is 0.798. The van der Waals surface area contributed by atoms with E-state index in [1.54, 1.807) is 0 Å². The predicted molar refractivity (Wildman–Crippen MR) is 88.4 cm³/mol. The fourth-order valence-corrected chi connectivity index (χ4v) is 4.28. The van der Waals surface area contributed by atoms with Gasteiger partial charge in [0.2, 0.25) is 0 Å². The van der Waals surface area contributed by atoms with Crippen LogP contribution in [0.3, 0.4) is 0 Å². The van der Waals surface area contributed by atoms with E-state index in [0.29, 0.717) is 6.04 Å². The normalized spacial score (nSPS) is 19.3. The van der Waals surface area contributed by atoms with Crippen LogP contribution in [0.5, 0.6) is 0 Å². The molecule has 0 aromatic carbocycles. The second kappa shape index (κ2) is 7.41. The molecule has 2 rings (SSSR count). The summed E-state index contributed by atoms with van der Waals surface area (Å²) < 4.78 is 2.34. The SMILES string of the molecule is CCCn1ccnc1C(NC)C1(N(CC)CC)CCCC1. The van der Waals surface area contributed by atoms with Gasteiger partial charge in [-0.15, -0.1) is 0 Å². The van der Waals surface area contributed by atoms with Crippen LogP contribution in [0, 0.1) is 0 Å². The maximum Gasteiger partial charge on any atom is 0.127 e. The minimum Gasteiger partial charge on any atom is -0.334 e. The van der Waals surface area contributed by atoms with Crippen LogP contribution in [0.15, 0.2) is 12.4 Å². The number of hydrogen-bond donors (Lipinski definition) is 1. The first-order valence-electron chi connectivity index (χ1n) is 8.66. The van der Waals surface area contributed by atoms with Gasteiger partial charge >= 0.3 is 0 Å². The maximum atomic E-state index is 4.72. The van der Waals surface area contributed by atoms with E-state index in [9.17, 15) is 0 Å². The summed E-state index contributed by atoms with van der Waals surface area (Å²) in [5.41, 5.74) is 0.231. The Morgan fingerprint density at radius 1 is 1.29 bits per heavy atom. The molecule has 1 aliphatic rings. The Labute approximate surface area is 129 Å². The smallest absolute Gasteiger partial charge is 0.127 e. The van der Waals surface area contributed by atoms with Crippen LogP contribution >= 0.6 is 0 Å². The maximum absolute atomic E-state index is 4.72. The molecule has 0 spiro atoms. The fourth-order valence-electron chi connectivity index (χ4n) is 4.28. The standard InChI is InChI=1S/C17H32N4/c1-5-13-20-14-12-19-16(20)15(18-4)17(10-8-9-11-17)21(6-2)7-3/h12,14-15,18H,5-11,13H2,1-4H3. The van der Waals surface area contributed by atoms with Gasteiger partial charge in [-0.3, -0.25) is 4.90 Å². The predicted octanol–water partition coefficient (Wildman–Crippen LogP) is 3.21. The Morgan fingerprint density at radius 2 is 1.95 bits per heavy atom. The Morgan fingerprint density at radius 3 is 2.48 bits per heavy atom. The number of nitrogens with one attached hydrogen (secondary N) is 1. The molecule has 1 heterocycles. The molecule has 120 valence electrons. The van der Waals surface area contributed by atoms with Crippen molar-refractivity contribution in [3.8, 4) is 0 Å². The van der Waals surface area contributed by atoms with Crippen molar-refractivity contribution in [1.29, 1.82) is 0 Å². The van der Waals surface area contributed by atoms with Crippen molar-refractivity contribution in [2.45, 2.75) is 71.0 Å². The molecule has 0 amide bonds. The number of aromatic nitrogens is 2. The summed E-state index contributed by atoms with van der Waals surface area (Å²) in [6.45, 7) is 10.1. The van der Waals surface area contributed by atoms with Crippen molar-refractivity contribution in [2.24, 2.45) is 0 Å². The lowest BCUT2D eigenvalue weighted by atomic mass is 9.85. The number of likely N-dealkylation sites (N-methyl/N-ethyl adjacent to an activating group) is 2. The van der Waals surface area contributed by atoms with Gasteiger partial charge in [0.1, 0.15) is 5.82 Å². The highest BCUT2D eigenvalue weighted by Crippen LogP contribution is 2.44. The van der Waals surface area contributed by atoms with Gasteiger partial charge in [0.25, 0.3) is 0 Å². The van der Waals surface area contributed by atoms with E-state index in [4.69, 9.17) is 4.98 Å². The highest BCUT2D eigenvalue weighted by Gasteiger charge is 2.46. The van der Waals surface area contributed by atoms with Gasteiger partial charge in [-0.25, -0.2) is 4.98 Å². The lowest BCUT2D eigenvalue weighted by Crippen LogP contribution is -2.55. The first-order chi connectivity index (χ1) is 10.2. The van der Waals surface area contributed by atoms with E-state index < -0.39 is 0 Å². The van der Waals surface area contributed by atoms with E-state index in [0.717, 1.165) is 26.1 Å². The zero-order chi connectivity index (χ0) is 15.3. The van der Waals surface area contributed by atoms with E-state index in [1.807, 2.05) is 6.20 Å². The highest BCUT2D eigenvalue weighted by atomic mass is 15.2. The molecule has 1 aromatic rings. The molecule has 0 radical (unpaired) electrons. The van der Waals surface area contributed by atoms with E-state index in [2.05, 4.69) is 48.8 Å². The summed E-state index contributed by atoms with van der Waals surface area (Å²) >= 11 is 0. The van der Waals surface area contributed by atoms with Crippen LogP contribution in [0.1, 0.15) is 64.7 Å². The van der Waals surface area contributed by atoms with Gasteiger partial charge in [0.15, 0.2) is 0 Å². The van der Waals surface area contributed by atoms with Crippen LogP contribution < -0.4 is 5.32 Å². The van der Waals surface area contributed by atoms with Crippen LogP contribution in [0.25, 0.3) is 0 Å². The Hall–Kier alpha value is -0.870. The molecular weight excluding hydrogens is 260 g/mol. The first kappa shape index (κ1) is 16.5. The van der Waals surface area contributed by atoms with Crippen LogP contribution in [0.2, 0.25) is 0 Å². The topological polar surface area (TPSA) is 33.1 Å². The summed E-state index contributed by atoms with van der Waals surface area (Å²) in [7, 11) is 2.10. The first-order valence-corrected chi connectivity index (χ1v) is 8.66. The molecule has 1 N–H and O–H groups in total.